The van der Waals surface area contributed by atoms with Gasteiger partial charge in [0.25, 0.3) is 0 Å². The van der Waals surface area contributed by atoms with Crippen LogP contribution in [0.25, 0.3) is 10.9 Å². The summed E-state index contributed by atoms with van der Waals surface area (Å²) in [6.07, 6.45) is 0.0947. The van der Waals surface area contributed by atoms with Gasteiger partial charge in [-0.3, -0.25) is 4.79 Å². The van der Waals surface area contributed by atoms with E-state index in [1.165, 1.54) is 0 Å². The number of aliphatic carboxylic acids is 1. The van der Waals surface area contributed by atoms with Crippen LogP contribution in [0.4, 0.5) is 0 Å². The molecule has 0 bridgehead atoms. The van der Waals surface area contributed by atoms with Crippen LogP contribution in [0, 0.1) is 13.8 Å². The summed E-state index contributed by atoms with van der Waals surface area (Å²) in [5.74, 6) is -0.00428. The molecule has 0 atom stereocenters. The zero-order valence-corrected chi connectivity index (χ0v) is 12.6. The van der Waals surface area contributed by atoms with Gasteiger partial charge in [0, 0.05) is 16.5 Å². The van der Waals surface area contributed by atoms with Gasteiger partial charge in [0.2, 0.25) is 0 Å². The lowest BCUT2D eigenvalue weighted by Crippen LogP contribution is -2.22. The molecule has 20 heavy (non-hydrogen) atoms. The maximum atomic E-state index is 11.1. The standard InChI is InChI=1S/C16H21NO3/c1-9-6-7-11(20-5)15-13(9)14(10(2)17-15)16(3,4)8-12(18)19/h6-7,17H,8H2,1-5H3,(H,18,19). The number of carboxylic acid groups (broad SMARTS) is 1. The first-order valence-corrected chi connectivity index (χ1v) is 6.66. The van der Waals surface area contributed by atoms with E-state index in [9.17, 15) is 4.79 Å². The lowest BCUT2D eigenvalue weighted by Gasteiger charge is -2.24. The highest BCUT2D eigenvalue weighted by atomic mass is 16.5. The lowest BCUT2D eigenvalue weighted by molar-refractivity contribution is -0.138. The predicted molar refractivity (Wildman–Crippen MR) is 79.6 cm³/mol. The van der Waals surface area contributed by atoms with Gasteiger partial charge in [0.15, 0.2) is 0 Å². The van der Waals surface area contributed by atoms with Crippen molar-refractivity contribution in [1.82, 2.24) is 4.98 Å². The molecule has 0 unspecified atom stereocenters. The van der Waals surface area contributed by atoms with Crippen LogP contribution in [-0.4, -0.2) is 23.2 Å². The molecule has 0 saturated carbocycles. The molecular formula is C16H21NO3. The minimum Gasteiger partial charge on any atom is -0.495 e. The van der Waals surface area contributed by atoms with Gasteiger partial charge < -0.3 is 14.8 Å². The zero-order valence-electron chi connectivity index (χ0n) is 12.6. The van der Waals surface area contributed by atoms with Gasteiger partial charge in [0.05, 0.1) is 19.0 Å². The SMILES string of the molecule is COc1ccc(C)c2c(C(C)(C)CC(=O)O)c(C)[nH]c12. The number of carboxylic acids is 1. The fourth-order valence-corrected chi connectivity index (χ4v) is 3.05. The zero-order chi connectivity index (χ0) is 15.1. The van der Waals surface area contributed by atoms with Gasteiger partial charge in [-0.1, -0.05) is 19.9 Å². The number of nitrogens with one attached hydrogen (secondary N) is 1. The van der Waals surface area contributed by atoms with Gasteiger partial charge in [-0.2, -0.15) is 0 Å². The number of rotatable bonds is 4. The van der Waals surface area contributed by atoms with E-state index in [-0.39, 0.29) is 6.42 Å². The molecule has 1 aromatic carbocycles. The number of aromatic nitrogens is 1. The molecule has 4 heteroatoms. The van der Waals surface area contributed by atoms with E-state index in [0.29, 0.717) is 0 Å². The molecule has 2 aromatic rings. The second-order valence-electron chi connectivity index (χ2n) is 5.91. The summed E-state index contributed by atoms with van der Waals surface area (Å²) < 4.78 is 5.40. The van der Waals surface area contributed by atoms with Gasteiger partial charge in [-0.05, 0) is 31.0 Å². The highest BCUT2D eigenvalue weighted by Crippen LogP contribution is 2.40. The number of carbonyl (C=O) groups is 1. The molecule has 0 amide bonds. The van der Waals surface area contributed by atoms with Crippen molar-refractivity contribution in [3.05, 3.63) is 29.0 Å². The van der Waals surface area contributed by atoms with Crippen molar-refractivity contribution in [2.24, 2.45) is 0 Å². The molecule has 2 rings (SSSR count). The van der Waals surface area contributed by atoms with Crippen LogP contribution < -0.4 is 4.74 Å². The Bertz CT molecular complexity index is 668. The smallest absolute Gasteiger partial charge is 0.304 e. The first-order chi connectivity index (χ1) is 9.27. The Morgan fingerprint density at radius 3 is 2.55 bits per heavy atom. The van der Waals surface area contributed by atoms with Crippen molar-refractivity contribution < 1.29 is 14.6 Å². The van der Waals surface area contributed by atoms with Crippen LogP contribution >= 0.6 is 0 Å². The third kappa shape index (κ3) is 2.26. The minimum absolute atomic E-state index is 0.0947. The number of fused-ring (bicyclic) bond motifs is 1. The average Bonchev–Trinajstić information content (AvgIpc) is 2.67. The minimum atomic E-state index is -0.788. The Labute approximate surface area is 118 Å². The van der Waals surface area contributed by atoms with E-state index in [0.717, 1.165) is 33.5 Å². The van der Waals surface area contributed by atoms with E-state index in [1.54, 1.807) is 7.11 Å². The number of aromatic amines is 1. The quantitative estimate of drug-likeness (QED) is 0.897. The molecule has 1 heterocycles. The predicted octanol–water partition coefficient (Wildman–Crippen LogP) is 3.55. The summed E-state index contributed by atoms with van der Waals surface area (Å²) in [7, 11) is 1.64. The van der Waals surface area contributed by atoms with Crippen LogP contribution in [0.15, 0.2) is 12.1 Å². The van der Waals surface area contributed by atoms with Crippen LogP contribution in [0.3, 0.4) is 0 Å². The lowest BCUT2D eigenvalue weighted by atomic mass is 9.79. The number of methoxy groups -OCH3 is 1. The van der Waals surface area contributed by atoms with E-state index in [1.807, 2.05) is 39.8 Å². The summed E-state index contributed by atoms with van der Waals surface area (Å²) in [6.45, 7) is 7.96. The number of hydrogen-bond acceptors (Lipinski definition) is 2. The monoisotopic (exact) mass is 275 g/mol. The topological polar surface area (TPSA) is 62.3 Å². The molecule has 0 spiro atoms. The number of aryl methyl sites for hydroxylation is 2. The number of H-pyrrole nitrogens is 1. The Morgan fingerprint density at radius 1 is 1.35 bits per heavy atom. The summed E-state index contributed by atoms with van der Waals surface area (Å²) in [5, 5.41) is 10.2. The third-order valence-electron chi connectivity index (χ3n) is 3.80. The molecular weight excluding hydrogens is 254 g/mol. The first-order valence-electron chi connectivity index (χ1n) is 6.66. The van der Waals surface area contributed by atoms with Crippen molar-refractivity contribution in [2.75, 3.05) is 7.11 Å². The second-order valence-corrected chi connectivity index (χ2v) is 5.91. The molecule has 0 fully saturated rings. The molecule has 4 nitrogen and oxygen atoms in total. The van der Waals surface area contributed by atoms with E-state index in [2.05, 4.69) is 4.98 Å². The molecule has 0 aliphatic rings. The summed E-state index contributed by atoms with van der Waals surface area (Å²) in [4.78, 5) is 14.5. The molecule has 2 N–H and O–H groups in total. The van der Waals surface area contributed by atoms with Crippen LogP contribution in [0.5, 0.6) is 5.75 Å². The fraction of sp³-hybridized carbons (Fsp3) is 0.438. The largest absolute Gasteiger partial charge is 0.495 e. The summed E-state index contributed by atoms with van der Waals surface area (Å²) >= 11 is 0. The molecule has 108 valence electrons. The Balaban J connectivity index is 2.77. The van der Waals surface area contributed by atoms with Crippen molar-refractivity contribution in [1.29, 1.82) is 0 Å². The third-order valence-corrected chi connectivity index (χ3v) is 3.80. The van der Waals surface area contributed by atoms with E-state index < -0.39 is 11.4 Å². The van der Waals surface area contributed by atoms with Crippen molar-refractivity contribution in [2.45, 2.75) is 39.5 Å². The van der Waals surface area contributed by atoms with Crippen molar-refractivity contribution in [3.63, 3.8) is 0 Å². The molecule has 0 radical (unpaired) electrons. The van der Waals surface area contributed by atoms with Crippen LogP contribution in [0.1, 0.15) is 37.1 Å². The number of hydrogen-bond donors (Lipinski definition) is 2. The van der Waals surface area contributed by atoms with Crippen LogP contribution in [0.2, 0.25) is 0 Å². The maximum absolute atomic E-state index is 11.1. The highest BCUT2D eigenvalue weighted by Gasteiger charge is 2.30. The van der Waals surface area contributed by atoms with Crippen molar-refractivity contribution in [3.8, 4) is 5.75 Å². The maximum Gasteiger partial charge on any atom is 0.304 e. The molecule has 1 aromatic heterocycles. The molecule has 0 aliphatic carbocycles. The molecule has 0 saturated heterocycles. The van der Waals surface area contributed by atoms with Gasteiger partial charge >= 0.3 is 5.97 Å². The van der Waals surface area contributed by atoms with E-state index in [4.69, 9.17) is 9.84 Å². The summed E-state index contributed by atoms with van der Waals surface area (Å²) in [5.41, 5.74) is 3.69. The first kappa shape index (κ1) is 14.4. The van der Waals surface area contributed by atoms with E-state index >= 15 is 0 Å². The fourth-order valence-electron chi connectivity index (χ4n) is 3.05. The second kappa shape index (κ2) is 4.85. The average molecular weight is 275 g/mol. The van der Waals surface area contributed by atoms with Crippen LogP contribution in [-0.2, 0) is 10.2 Å². The molecule has 0 aliphatic heterocycles. The Hall–Kier alpha value is -1.97. The van der Waals surface area contributed by atoms with Gasteiger partial charge in [0.1, 0.15) is 5.75 Å². The Morgan fingerprint density at radius 2 is 2.00 bits per heavy atom. The van der Waals surface area contributed by atoms with Gasteiger partial charge in [-0.15, -0.1) is 0 Å². The number of benzene rings is 1. The normalized spacial score (nSPS) is 11.8. The summed E-state index contributed by atoms with van der Waals surface area (Å²) in [6, 6.07) is 3.94. The van der Waals surface area contributed by atoms with Gasteiger partial charge in [-0.25, -0.2) is 0 Å². The highest BCUT2D eigenvalue weighted by molar-refractivity contribution is 5.93. The number of ether oxygens (including phenoxy) is 1. The van der Waals surface area contributed by atoms with Crippen molar-refractivity contribution >= 4 is 16.9 Å². The Kier molecular flexibility index (Phi) is 3.50.